The summed E-state index contributed by atoms with van der Waals surface area (Å²) in [5.41, 5.74) is 0. The van der Waals surface area contributed by atoms with Crippen molar-refractivity contribution < 1.29 is 23.4 Å². The molecule has 3 rings (SSSR count). The molecule has 1 heterocycles. The number of carbonyl (C=O) groups is 1. The number of carbonyl (C=O) groups excluding carboxylic acids is 1. The fourth-order valence-corrected chi connectivity index (χ4v) is 5.76. The van der Waals surface area contributed by atoms with Gasteiger partial charge in [0, 0.05) is 11.1 Å². The minimum absolute atomic E-state index is 0.0715. The van der Waals surface area contributed by atoms with Crippen molar-refractivity contribution >= 4 is 30.4 Å². The second-order valence-electron chi connectivity index (χ2n) is 6.80. The van der Waals surface area contributed by atoms with Crippen molar-refractivity contribution in [1.82, 2.24) is 4.67 Å². The third-order valence-corrected chi connectivity index (χ3v) is 7.64. The SMILES string of the molecule is CCOC(=O)CN1C(C)CCCOP1(=O)c1ccc(Oc2ccc(Cl)cc2)cc1. The Kier molecular flexibility index (Phi) is 7.36. The molecule has 2 unspecified atom stereocenters. The first-order valence-corrected chi connectivity index (χ1v) is 11.6. The Bertz CT molecular complexity index is 872. The molecule has 0 radical (unpaired) electrons. The van der Waals surface area contributed by atoms with Gasteiger partial charge in [0.2, 0.25) is 0 Å². The molecule has 2 aromatic carbocycles. The molecule has 0 aliphatic carbocycles. The summed E-state index contributed by atoms with van der Waals surface area (Å²) in [4.78, 5) is 12.1. The van der Waals surface area contributed by atoms with E-state index in [1.165, 1.54) is 0 Å². The summed E-state index contributed by atoms with van der Waals surface area (Å²) in [6.07, 6.45) is 1.57. The third-order valence-electron chi connectivity index (χ3n) is 4.69. The first-order valence-electron chi connectivity index (χ1n) is 9.64. The van der Waals surface area contributed by atoms with Gasteiger partial charge in [-0.3, -0.25) is 9.36 Å². The van der Waals surface area contributed by atoms with E-state index >= 15 is 0 Å². The molecular weight excluding hydrogens is 413 g/mol. The van der Waals surface area contributed by atoms with Crippen LogP contribution in [0.5, 0.6) is 11.5 Å². The van der Waals surface area contributed by atoms with Crippen LogP contribution in [0.3, 0.4) is 0 Å². The first kappa shape index (κ1) is 21.8. The molecule has 1 aliphatic heterocycles. The van der Waals surface area contributed by atoms with Gasteiger partial charge in [-0.1, -0.05) is 11.6 Å². The number of rotatable bonds is 6. The number of ether oxygens (including phenoxy) is 2. The molecule has 0 spiro atoms. The second-order valence-corrected chi connectivity index (χ2v) is 9.56. The molecule has 0 N–H and O–H groups in total. The summed E-state index contributed by atoms with van der Waals surface area (Å²) in [5, 5.41) is 1.16. The van der Waals surface area contributed by atoms with Crippen molar-refractivity contribution in [1.29, 1.82) is 0 Å². The van der Waals surface area contributed by atoms with Crippen LogP contribution in [0.25, 0.3) is 0 Å². The van der Waals surface area contributed by atoms with Gasteiger partial charge < -0.3 is 14.0 Å². The van der Waals surface area contributed by atoms with Gasteiger partial charge >= 0.3 is 13.5 Å². The van der Waals surface area contributed by atoms with Gasteiger partial charge in [0.05, 0.1) is 18.5 Å². The molecule has 2 atom stereocenters. The van der Waals surface area contributed by atoms with Crippen LogP contribution < -0.4 is 10.0 Å². The van der Waals surface area contributed by atoms with Crippen molar-refractivity contribution in [2.45, 2.75) is 32.7 Å². The molecule has 2 aromatic rings. The summed E-state index contributed by atoms with van der Waals surface area (Å²) in [7, 11) is -3.40. The zero-order chi connectivity index (χ0) is 20.9. The third kappa shape index (κ3) is 5.40. The topological polar surface area (TPSA) is 65.1 Å². The minimum atomic E-state index is -3.40. The van der Waals surface area contributed by atoms with Crippen LogP contribution >= 0.6 is 19.1 Å². The molecule has 0 bridgehead atoms. The highest BCUT2D eigenvalue weighted by Crippen LogP contribution is 2.53. The van der Waals surface area contributed by atoms with Gasteiger partial charge in [-0.25, -0.2) is 4.67 Å². The van der Waals surface area contributed by atoms with Gasteiger partial charge in [0.25, 0.3) is 0 Å². The predicted octanol–water partition coefficient (Wildman–Crippen LogP) is 5.01. The predicted molar refractivity (Wildman–Crippen MR) is 113 cm³/mol. The van der Waals surface area contributed by atoms with Gasteiger partial charge in [0.1, 0.15) is 18.0 Å². The average molecular weight is 438 g/mol. The highest BCUT2D eigenvalue weighted by atomic mass is 35.5. The molecule has 1 fully saturated rings. The quantitative estimate of drug-likeness (QED) is 0.467. The van der Waals surface area contributed by atoms with E-state index in [0.29, 0.717) is 28.4 Å². The van der Waals surface area contributed by atoms with Crippen molar-refractivity contribution in [3.63, 3.8) is 0 Å². The van der Waals surface area contributed by atoms with Gasteiger partial charge in [-0.2, -0.15) is 0 Å². The fraction of sp³-hybridized carbons (Fsp3) is 0.381. The van der Waals surface area contributed by atoms with Crippen LogP contribution in [0, 0.1) is 0 Å². The van der Waals surface area contributed by atoms with Crippen LogP contribution in [0.4, 0.5) is 0 Å². The van der Waals surface area contributed by atoms with Crippen LogP contribution in [-0.2, 0) is 18.6 Å². The lowest BCUT2D eigenvalue weighted by Crippen LogP contribution is -2.37. The van der Waals surface area contributed by atoms with E-state index in [0.717, 1.165) is 12.8 Å². The van der Waals surface area contributed by atoms with E-state index in [1.54, 1.807) is 60.1 Å². The molecule has 29 heavy (non-hydrogen) atoms. The summed E-state index contributed by atoms with van der Waals surface area (Å²) in [5.74, 6) is 0.840. The lowest BCUT2D eigenvalue weighted by Gasteiger charge is -2.32. The number of nitrogens with zero attached hydrogens (tertiary/aromatic N) is 1. The Morgan fingerprint density at radius 1 is 1.17 bits per heavy atom. The van der Waals surface area contributed by atoms with Crippen LogP contribution in [0.2, 0.25) is 5.02 Å². The van der Waals surface area contributed by atoms with Gasteiger partial charge in [-0.15, -0.1) is 0 Å². The first-order chi connectivity index (χ1) is 13.9. The fourth-order valence-electron chi connectivity index (χ4n) is 3.20. The van der Waals surface area contributed by atoms with Crippen molar-refractivity contribution in [2.75, 3.05) is 19.8 Å². The molecule has 0 aromatic heterocycles. The molecule has 0 amide bonds. The second kappa shape index (κ2) is 9.77. The molecule has 1 aliphatic rings. The number of halogens is 1. The maximum absolute atomic E-state index is 13.9. The molecular formula is C21H25ClNO5P. The Labute approximate surface area is 176 Å². The summed E-state index contributed by atoms with van der Waals surface area (Å²) in [6.45, 7) is 4.29. The van der Waals surface area contributed by atoms with Crippen molar-refractivity contribution in [2.24, 2.45) is 0 Å². The van der Waals surface area contributed by atoms with Gasteiger partial charge in [0.15, 0.2) is 0 Å². The highest BCUT2D eigenvalue weighted by Gasteiger charge is 2.40. The van der Waals surface area contributed by atoms with E-state index in [2.05, 4.69) is 0 Å². The zero-order valence-electron chi connectivity index (χ0n) is 16.5. The summed E-state index contributed by atoms with van der Waals surface area (Å²) < 4.78 is 32.2. The van der Waals surface area contributed by atoms with Crippen LogP contribution in [0.1, 0.15) is 26.7 Å². The van der Waals surface area contributed by atoms with Crippen LogP contribution in [0.15, 0.2) is 48.5 Å². The number of hydrogen-bond acceptors (Lipinski definition) is 5. The highest BCUT2D eigenvalue weighted by molar-refractivity contribution is 7.64. The van der Waals surface area contributed by atoms with Crippen LogP contribution in [-0.4, -0.2) is 36.4 Å². The van der Waals surface area contributed by atoms with E-state index in [1.807, 2.05) is 6.92 Å². The molecule has 0 saturated carbocycles. The Morgan fingerprint density at radius 3 is 2.41 bits per heavy atom. The summed E-state index contributed by atoms with van der Waals surface area (Å²) >= 11 is 5.89. The van der Waals surface area contributed by atoms with E-state index < -0.39 is 13.5 Å². The average Bonchev–Trinajstić information content (AvgIpc) is 2.85. The lowest BCUT2D eigenvalue weighted by atomic mass is 10.2. The zero-order valence-corrected chi connectivity index (χ0v) is 18.2. The molecule has 156 valence electrons. The monoisotopic (exact) mass is 437 g/mol. The number of esters is 1. The molecule has 1 saturated heterocycles. The van der Waals surface area contributed by atoms with E-state index in [9.17, 15) is 9.36 Å². The van der Waals surface area contributed by atoms with Crippen molar-refractivity contribution in [3.8, 4) is 11.5 Å². The Morgan fingerprint density at radius 2 is 1.79 bits per heavy atom. The largest absolute Gasteiger partial charge is 0.465 e. The van der Waals surface area contributed by atoms with Crippen molar-refractivity contribution in [3.05, 3.63) is 53.6 Å². The number of benzene rings is 2. The van der Waals surface area contributed by atoms with Gasteiger partial charge in [-0.05, 0) is 75.2 Å². The van der Waals surface area contributed by atoms with E-state index in [-0.39, 0.29) is 19.2 Å². The molecule has 8 heteroatoms. The summed E-state index contributed by atoms with van der Waals surface area (Å²) in [6, 6.07) is 13.9. The maximum atomic E-state index is 13.9. The Balaban J connectivity index is 1.83. The standard InChI is InChI=1S/C21H25ClNO5P/c1-3-26-21(24)15-23-16(2)5-4-14-27-29(23,25)20-12-10-19(11-13-20)28-18-8-6-17(22)7-9-18/h6-13,16H,3-5,14-15H2,1-2H3. The lowest BCUT2D eigenvalue weighted by molar-refractivity contribution is -0.143. The number of hydrogen-bond donors (Lipinski definition) is 0. The molecule has 6 nitrogen and oxygen atoms in total. The minimum Gasteiger partial charge on any atom is -0.465 e. The normalized spacial score (nSPS) is 22.7. The smallest absolute Gasteiger partial charge is 0.320 e. The maximum Gasteiger partial charge on any atom is 0.320 e. The Hall–Kier alpha value is -1.85. The van der Waals surface area contributed by atoms with E-state index in [4.69, 9.17) is 25.6 Å².